The number of hydrogen-bond acceptors (Lipinski definition) is 8. The van der Waals surface area contributed by atoms with E-state index in [1.165, 1.54) is 16.4 Å². The standard InChI is InChI=1S/C20H21N5O6S/c1-12-3-5-15-18(13(12)2)21-20(26)19(15)23-22-16-6-4-14(11-17(16)25(27)28)32(29,30)24-7-9-31-10-8-24/h3-6,11,21,26H,7-10H2,1-2H3. The van der Waals surface area contributed by atoms with Crippen molar-refractivity contribution >= 4 is 38.0 Å². The minimum atomic E-state index is -3.91. The maximum absolute atomic E-state index is 12.8. The molecule has 1 aromatic heterocycles. The third-order valence-electron chi connectivity index (χ3n) is 5.47. The Hall–Kier alpha value is -3.35. The molecule has 0 unspecified atom stereocenters. The average Bonchev–Trinajstić information content (AvgIpc) is 3.11. The molecule has 0 bridgehead atoms. The third-order valence-corrected chi connectivity index (χ3v) is 7.36. The van der Waals surface area contributed by atoms with Gasteiger partial charge in [0.25, 0.3) is 5.69 Å². The Bertz CT molecular complexity index is 1340. The zero-order valence-electron chi connectivity index (χ0n) is 17.4. The van der Waals surface area contributed by atoms with Crippen LogP contribution in [0.5, 0.6) is 5.88 Å². The monoisotopic (exact) mass is 459 g/mol. The Kier molecular flexibility index (Phi) is 5.67. The predicted molar refractivity (Wildman–Crippen MR) is 116 cm³/mol. The van der Waals surface area contributed by atoms with E-state index in [-0.39, 0.29) is 48.5 Å². The van der Waals surface area contributed by atoms with Crippen molar-refractivity contribution in [3.63, 3.8) is 0 Å². The van der Waals surface area contributed by atoms with Crippen molar-refractivity contribution in [2.75, 3.05) is 26.3 Å². The number of aromatic amines is 1. The van der Waals surface area contributed by atoms with Gasteiger partial charge >= 0.3 is 0 Å². The number of nitrogens with zero attached hydrogens (tertiary/aromatic N) is 4. The molecule has 0 atom stereocenters. The number of nitro benzene ring substituents is 1. The number of hydrogen-bond donors (Lipinski definition) is 2. The first-order chi connectivity index (χ1) is 15.2. The van der Waals surface area contributed by atoms with E-state index in [1.807, 2.05) is 19.9 Å². The van der Waals surface area contributed by atoms with E-state index in [0.717, 1.165) is 17.2 Å². The van der Waals surface area contributed by atoms with E-state index < -0.39 is 20.6 Å². The summed E-state index contributed by atoms with van der Waals surface area (Å²) in [6.45, 7) is 4.71. The van der Waals surface area contributed by atoms with Gasteiger partial charge in [-0.15, -0.1) is 10.2 Å². The lowest BCUT2D eigenvalue weighted by molar-refractivity contribution is -0.384. The van der Waals surface area contributed by atoms with E-state index in [2.05, 4.69) is 15.2 Å². The summed E-state index contributed by atoms with van der Waals surface area (Å²) in [5.41, 5.74) is 2.15. The number of aromatic nitrogens is 1. The van der Waals surface area contributed by atoms with Gasteiger partial charge in [-0.25, -0.2) is 8.42 Å². The van der Waals surface area contributed by atoms with Gasteiger partial charge in [0, 0.05) is 24.5 Å². The van der Waals surface area contributed by atoms with Crippen LogP contribution < -0.4 is 0 Å². The Labute approximate surface area is 183 Å². The molecule has 1 aliphatic rings. The molecule has 11 nitrogen and oxygen atoms in total. The summed E-state index contributed by atoms with van der Waals surface area (Å²) in [5.74, 6) is -0.216. The fourth-order valence-corrected chi connectivity index (χ4v) is 4.94. The number of ether oxygens (including phenoxy) is 1. The van der Waals surface area contributed by atoms with Crippen molar-refractivity contribution in [1.29, 1.82) is 0 Å². The van der Waals surface area contributed by atoms with Gasteiger partial charge in [0.1, 0.15) is 0 Å². The predicted octanol–water partition coefficient (Wildman–Crippen LogP) is 3.83. The second-order valence-corrected chi connectivity index (χ2v) is 9.31. The van der Waals surface area contributed by atoms with Crippen LogP contribution in [0, 0.1) is 24.0 Å². The molecule has 0 spiro atoms. The molecule has 2 aromatic carbocycles. The molecule has 3 aromatic rings. The smallest absolute Gasteiger partial charge is 0.298 e. The second-order valence-electron chi connectivity index (χ2n) is 7.38. The summed E-state index contributed by atoms with van der Waals surface area (Å²) in [6.07, 6.45) is 0. The van der Waals surface area contributed by atoms with E-state index in [9.17, 15) is 23.6 Å². The summed E-state index contributed by atoms with van der Waals surface area (Å²) >= 11 is 0. The quantitative estimate of drug-likeness (QED) is 0.336. The van der Waals surface area contributed by atoms with Gasteiger partial charge in [0.15, 0.2) is 11.4 Å². The van der Waals surface area contributed by atoms with E-state index in [4.69, 9.17) is 4.74 Å². The molecule has 1 fully saturated rings. The van der Waals surface area contributed by atoms with Gasteiger partial charge in [-0.1, -0.05) is 12.1 Å². The largest absolute Gasteiger partial charge is 0.493 e. The van der Waals surface area contributed by atoms with Crippen LogP contribution in [0.1, 0.15) is 11.1 Å². The lowest BCUT2D eigenvalue weighted by Gasteiger charge is -2.25. The van der Waals surface area contributed by atoms with Gasteiger partial charge in [-0.2, -0.15) is 4.31 Å². The summed E-state index contributed by atoms with van der Waals surface area (Å²) in [4.78, 5) is 13.6. The molecular formula is C20H21N5O6S. The van der Waals surface area contributed by atoms with Crippen LogP contribution in [0.4, 0.5) is 17.1 Å². The molecule has 2 N–H and O–H groups in total. The molecule has 0 amide bonds. The third kappa shape index (κ3) is 3.83. The summed E-state index contributed by atoms with van der Waals surface area (Å²) in [7, 11) is -3.91. The van der Waals surface area contributed by atoms with Crippen LogP contribution in [0.2, 0.25) is 0 Å². The lowest BCUT2D eigenvalue weighted by Crippen LogP contribution is -2.40. The number of azo groups is 1. The minimum absolute atomic E-state index is 0.131. The van der Waals surface area contributed by atoms with Crippen LogP contribution in [0.25, 0.3) is 10.9 Å². The molecular weight excluding hydrogens is 438 g/mol. The van der Waals surface area contributed by atoms with Crippen molar-refractivity contribution in [2.45, 2.75) is 18.7 Å². The Morgan fingerprint density at radius 2 is 1.88 bits per heavy atom. The van der Waals surface area contributed by atoms with Gasteiger partial charge in [0.05, 0.1) is 28.5 Å². The number of benzene rings is 2. The number of aryl methyl sites for hydroxylation is 2. The molecule has 168 valence electrons. The number of morpholine rings is 1. The van der Waals surface area contributed by atoms with Gasteiger partial charge in [-0.3, -0.25) is 10.1 Å². The SMILES string of the molecule is Cc1ccc2c(N=Nc3ccc(S(=O)(=O)N4CCOCC4)cc3[N+](=O)[O-])c(O)[nH]c2c1C. The first-order valence-electron chi connectivity index (χ1n) is 9.79. The van der Waals surface area contributed by atoms with E-state index in [1.54, 1.807) is 6.07 Å². The molecule has 12 heteroatoms. The highest BCUT2D eigenvalue weighted by atomic mass is 32.2. The van der Waals surface area contributed by atoms with Crippen molar-refractivity contribution in [3.8, 4) is 5.88 Å². The zero-order valence-corrected chi connectivity index (χ0v) is 18.2. The van der Waals surface area contributed by atoms with Crippen molar-refractivity contribution in [3.05, 3.63) is 51.6 Å². The van der Waals surface area contributed by atoms with Gasteiger partial charge in [0.2, 0.25) is 15.9 Å². The molecule has 32 heavy (non-hydrogen) atoms. The number of H-pyrrole nitrogens is 1. The molecule has 0 saturated carbocycles. The molecule has 0 aliphatic carbocycles. The summed E-state index contributed by atoms with van der Waals surface area (Å²) in [5, 5.41) is 30.5. The van der Waals surface area contributed by atoms with Crippen molar-refractivity contribution < 1.29 is 23.2 Å². The molecule has 2 heterocycles. The molecule has 4 rings (SSSR count). The highest BCUT2D eigenvalue weighted by Crippen LogP contribution is 2.39. The van der Waals surface area contributed by atoms with Gasteiger partial charge < -0.3 is 14.8 Å². The van der Waals surface area contributed by atoms with E-state index >= 15 is 0 Å². The zero-order chi connectivity index (χ0) is 23.0. The second kappa shape index (κ2) is 8.30. The molecule has 0 radical (unpaired) electrons. The number of nitrogens with one attached hydrogen (secondary N) is 1. The number of nitro groups is 1. The summed E-state index contributed by atoms with van der Waals surface area (Å²) in [6, 6.07) is 7.11. The first-order valence-corrected chi connectivity index (χ1v) is 11.2. The van der Waals surface area contributed by atoms with Crippen LogP contribution in [-0.4, -0.2) is 54.0 Å². The summed E-state index contributed by atoms with van der Waals surface area (Å²) < 4.78 is 32.0. The van der Waals surface area contributed by atoms with Crippen LogP contribution >= 0.6 is 0 Å². The minimum Gasteiger partial charge on any atom is -0.493 e. The number of fused-ring (bicyclic) bond motifs is 1. The lowest BCUT2D eigenvalue weighted by atomic mass is 10.1. The number of aromatic hydroxyl groups is 1. The number of sulfonamides is 1. The van der Waals surface area contributed by atoms with Crippen LogP contribution in [-0.2, 0) is 14.8 Å². The Morgan fingerprint density at radius 1 is 1.16 bits per heavy atom. The average molecular weight is 459 g/mol. The highest BCUT2D eigenvalue weighted by Gasteiger charge is 2.29. The highest BCUT2D eigenvalue weighted by molar-refractivity contribution is 7.89. The van der Waals surface area contributed by atoms with Crippen molar-refractivity contribution in [2.24, 2.45) is 10.2 Å². The fraction of sp³-hybridized carbons (Fsp3) is 0.300. The van der Waals surface area contributed by atoms with Crippen LogP contribution in [0.3, 0.4) is 0 Å². The normalized spacial score (nSPS) is 15.6. The fourth-order valence-electron chi connectivity index (χ4n) is 3.52. The first kappa shape index (κ1) is 21.9. The van der Waals surface area contributed by atoms with Gasteiger partial charge in [-0.05, 0) is 37.1 Å². The molecule has 1 saturated heterocycles. The topological polar surface area (TPSA) is 150 Å². The van der Waals surface area contributed by atoms with E-state index in [0.29, 0.717) is 10.9 Å². The maximum atomic E-state index is 12.8. The maximum Gasteiger partial charge on any atom is 0.298 e. The van der Waals surface area contributed by atoms with Crippen LogP contribution in [0.15, 0.2) is 45.5 Å². The van der Waals surface area contributed by atoms with Crippen molar-refractivity contribution in [1.82, 2.24) is 9.29 Å². The Morgan fingerprint density at radius 3 is 2.56 bits per heavy atom. The number of rotatable bonds is 5. The Balaban J connectivity index is 1.73. The molecule has 1 aliphatic heterocycles.